The fourth-order valence-corrected chi connectivity index (χ4v) is 3.14. The van der Waals surface area contributed by atoms with Crippen LogP contribution < -0.4 is 4.74 Å². The van der Waals surface area contributed by atoms with Crippen LogP contribution in [0, 0.1) is 12.8 Å². The quantitative estimate of drug-likeness (QED) is 0.760. The van der Waals surface area contributed by atoms with Gasteiger partial charge in [0.25, 0.3) is 0 Å². The molecule has 1 aromatic carbocycles. The number of aryl methyl sites for hydroxylation is 1. The number of benzene rings is 1. The molecule has 0 unspecified atom stereocenters. The number of carbonyl (C=O) groups is 2. The predicted octanol–water partition coefficient (Wildman–Crippen LogP) is 3.12. The van der Waals surface area contributed by atoms with E-state index in [1.807, 2.05) is 50.9 Å². The molecule has 0 N–H and O–H groups in total. The standard InChI is InChI=1S/C21H30N2O3/c1-15(2)22(4)21(25)17-10-12-23(13-11-17)20(24)9-7-18-14-16(3)6-8-19(18)26-5/h6-9,14-15,17H,10-13H2,1-5H3. The van der Waals surface area contributed by atoms with Crippen molar-refractivity contribution in [1.82, 2.24) is 9.80 Å². The van der Waals surface area contributed by atoms with Crippen molar-refractivity contribution >= 4 is 17.9 Å². The molecule has 1 aliphatic rings. The van der Waals surface area contributed by atoms with Gasteiger partial charge in [-0.2, -0.15) is 0 Å². The summed E-state index contributed by atoms with van der Waals surface area (Å²) in [5.74, 6) is 0.941. The first-order valence-corrected chi connectivity index (χ1v) is 9.21. The maximum Gasteiger partial charge on any atom is 0.246 e. The van der Waals surface area contributed by atoms with Gasteiger partial charge in [-0.25, -0.2) is 0 Å². The summed E-state index contributed by atoms with van der Waals surface area (Å²) in [7, 11) is 3.47. The van der Waals surface area contributed by atoms with E-state index in [1.54, 1.807) is 24.2 Å². The molecule has 1 fully saturated rings. The lowest BCUT2D eigenvalue weighted by Gasteiger charge is -2.33. The van der Waals surface area contributed by atoms with Crippen LogP contribution >= 0.6 is 0 Å². The van der Waals surface area contributed by atoms with Gasteiger partial charge in [-0.15, -0.1) is 0 Å². The van der Waals surface area contributed by atoms with Gasteiger partial charge in [0.15, 0.2) is 0 Å². The third-order valence-corrected chi connectivity index (χ3v) is 5.07. The van der Waals surface area contributed by atoms with E-state index in [9.17, 15) is 9.59 Å². The van der Waals surface area contributed by atoms with Crippen molar-refractivity contribution in [3.05, 3.63) is 35.4 Å². The van der Waals surface area contributed by atoms with E-state index < -0.39 is 0 Å². The number of piperidine rings is 1. The Hall–Kier alpha value is -2.30. The molecule has 0 saturated carbocycles. The minimum absolute atomic E-state index is 0.0170. The first-order valence-electron chi connectivity index (χ1n) is 9.21. The monoisotopic (exact) mass is 358 g/mol. The van der Waals surface area contributed by atoms with Gasteiger partial charge in [0.2, 0.25) is 11.8 Å². The largest absolute Gasteiger partial charge is 0.496 e. The lowest BCUT2D eigenvalue weighted by atomic mass is 9.95. The molecule has 0 aliphatic carbocycles. The number of rotatable bonds is 5. The van der Waals surface area contributed by atoms with Gasteiger partial charge < -0.3 is 14.5 Å². The highest BCUT2D eigenvalue weighted by molar-refractivity contribution is 5.92. The molecule has 0 radical (unpaired) electrons. The number of methoxy groups -OCH3 is 1. The zero-order chi connectivity index (χ0) is 19.3. The molecule has 26 heavy (non-hydrogen) atoms. The second-order valence-electron chi connectivity index (χ2n) is 7.22. The SMILES string of the molecule is COc1ccc(C)cc1C=CC(=O)N1CCC(C(=O)N(C)C(C)C)CC1. The zero-order valence-electron chi connectivity index (χ0n) is 16.5. The molecule has 0 atom stereocenters. The van der Waals surface area contributed by atoms with Crippen molar-refractivity contribution in [3.8, 4) is 5.75 Å². The highest BCUT2D eigenvalue weighted by atomic mass is 16.5. The molecular weight excluding hydrogens is 328 g/mol. The van der Waals surface area contributed by atoms with E-state index >= 15 is 0 Å². The highest BCUT2D eigenvalue weighted by Crippen LogP contribution is 2.23. The average Bonchev–Trinajstić information content (AvgIpc) is 2.65. The van der Waals surface area contributed by atoms with Gasteiger partial charge in [-0.3, -0.25) is 9.59 Å². The molecule has 5 nitrogen and oxygen atoms in total. The van der Waals surface area contributed by atoms with Crippen LogP contribution in [0.1, 0.15) is 37.8 Å². The van der Waals surface area contributed by atoms with E-state index in [4.69, 9.17) is 4.74 Å². The molecule has 142 valence electrons. The predicted molar refractivity (Wildman–Crippen MR) is 104 cm³/mol. The molecule has 1 aromatic rings. The summed E-state index contributed by atoms with van der Waals surface area (Å²) >= 11 is 0. The first kappa shape index (κ1) is 20.0. The third-order valence-electron chi connectivity index (χ3n) is 5.07. The summed E-state index contributed by atoms with van der Waals surface area (Å²) in [4.78, 5) is 28.5. The molecule has 1 heterocycles. The molecule has 1 saturated heterocycles. The number of hydrogen-bond donors (Lipinski definition) is 0. The highest BCUT2D eigenvalue weighted by Gasteiger charge is 2.29. The topological polar surface area (TPSA) is 49.9 Å². The van der Waals surface area contributed by atoms with Gasteiger partial charge in [0.1, 0.15) is 5.75 Å². The maximum atomic E-state index is 12.5. The van der Waals surface area contributed by atoms with Crippen LogP contribution in [0.2, 0.25) is 0 Å². The van der Waals surface area contributed by atoms with Crippen LogP contribution in [0.3, 0.4) is 0 Å². The van der Waals surface area contributed by atoms with Crippen molar-refractivity contribution in [2.24, 2.45) is 5.92 Å². The number of carbonyl (C=O) groups excluding carboxylic acids is 2. The van der Waals surface area contributed by atoms with E-state index in [2.05, 4.69) is 0 Å². The van der Waals surface area contributed by atoms with E-state index in [1.165, 1.54) is 0 Å². The summed E-state index contributed by atoms with van der Waals surface area (Å²) in [6, 6.07) is 6.08. The van der Waals surface area contributed by atoms with Crippen molar-refractivity contribution in [3.63, 3.8) is 0 Å². The van der Waals surface area contributed by atoms with Crippen molar-refractivity contribution in [2.45, 2.75) is 39.7 Å². The van der Waals surface area contributed by atoms with Gasteiger partial charge in [-0.05, 0) is 51.8 Å². The van der Waals surface area contributed by atoms with E-state index in [0.717, 1.165) is 29.7 Å². The molecule has 1 aliphatic heterocycles. The van der Waals surface area contributed by atoms with Crippen LogP contribution in [0.4, 0.5) is 0 Å². The summed E-state index contributed by atoms with van der Waals surface area (Å²) in [6.45, 7) is 7.28. The van der Waals surface area contributed by atoms with Gasteiger partial charge in [0, 0.05) is 43.7 Å². The lowest BCUT2D eigenvalue weighted by Crippen LogP contribution is -2.44. The molecule has 0 bridgehead atoms. The second kappa shape index (κ2) is 8.88. The Kier molecular flexibility index (Phi) is 6.83. The normalized spacial score (nSPS) is 15.5. The maximum absolute atomic E-state index is 12.5. The molecule has 0 spiro atoms. The summed E-state index contributed by atoms with van der Waals surface area (Å²) in [5, 5.41) is 0. The van der Waals surface area contributed by atoms with Crippen molar-refractivity contribution < 1.29 is 14.3 Å². The Morgan fingerprint density at radius 2 is 1.92 bits per heavy atom. The lowest BCUT2D eigenvalue weighted by molar-refractivity contribution is -0.139. The van der Waals surface area contributed by atoms with Crippen LogP contribution in [-0.4, -0.2) is 54.9 Å². The Morgan fingerprint density at radius 1 is 1.27 bits per heavy atom. The van der Waals surface area contributed by atoms with Crippen molar-refractivity contribution in [1.29, 1.82) is 0 Å². The summed E-state index contributed by atoms with van der Waals surface area (Å²) in [5.41, 5.74) is 2.01. The minimum atomic E-state index is -0.0170. The number of nitrogens with zero attached hydrogens (tertiary/aromatic N) is 2. The smallest absolute Gasteiger partial charge is 0.246 e. The first-order chi connectivity index (χ1) is 12.3. The van der Waals surface area contributed by atoms with E-state index in [-0.39, 0.29) is 23.8 Å². The molecule has 0 aromatic heterocycles. The van der Waals surface area contributed by atoms with Gasteiger partial charge in [0.05, 0.1) is 7.11 Å². The summed E-state index contributed by atoms with van der Waals surface area (Å²) < 4.78 is 5.34. The Morgan fingerprint density at radius 3 is 2.50 bits per heavy atom. The Balaban J connectivity index is 1.95. The Bertz CT molecular complexity index is 674. The minimum Gasteiger partial charge on any atom is -0.496 e. The number of amides is 2. The number of hydrogen-bond acceptors (Lipinski definition) is 3. The second-order valence-corrected chi connectivity index (χ2v) is 7.22. The molecule has 2 amide bonds. The van der Waals surface area contributed by atoms with Crippen LogP contribution in [0.25, 0.3) is 6.08 Å². The zero-order valence-corrected chi connectivity index (χ0v) is 16.5. The average molecular weight is 358 g/mol. The summed E-state index contributed by atoms with van der Waals surface area (Å²) in [6.07, 6.45) is 4.85. The number of ether oxygens (including phenoxy) is 1. The third kappa shape index (κ3) is 4.87. The van der Waals surface area contributed by atoms with Crippen LogP contribution in [0.5, 0.6) is 5.75 Å². The van der Waals surface area contributed by atoms with Crippen LogP contribution in [-0.2, 0) is 9.59 Å². The fraction of sp³-hybridized carbons (Fsp3) is 0.524. The number of likely N-dealkylation sites (tertiary alicyclic amines) is 1. The fourth-order valence-electron chi connectivity index (χ4n) is 3.14. The van der Waals surface area contributed by atoms with Crippen LogP contribution in [0.15, 0.2) is 24.3 Å². The Labute approximate surface area is 156 Å². The van der Waals surface area contributed by atoms with Gasteiger partial charge >= 0.3 is 0 Å². The van der Waals surface area contributed by atoms with E-state index in [0.29, 0.717) is 13.1 Å². The molecule has 2 rings (SSSR count). The van der Waals surface area contributed by atoms with Gasteiger partial charge in [-0.1, -0.05) is 11.6 Å². The molecular formula is C21H30N2O3. The van der Waals surface area contributed by atoms with Crippen molar-refractivity contribution in [2.75, 3.05) is 27.2 Å². The molecule has 5 heteroatoms.